The lowest BCUT2D eigenvalue weighted by Gasteiger charge is -2.06. The topological polar surface area (TPSA) is 51.2 Å². The summed E-state index contributed by atoms with van der Waals surface area (Å²) >= 11 is 0. The number of para-hydroxylation sites is 1. The van der Waals surface area contributed by atoms with Gasteiger partial charge in [-0.15, -0.1) is 0 Å². The summed E-state index contributed by atoms with van der Waals surface area (Å²) in [6.45, 7) is 3.38. The number of anilines is 1. The molecule has 1 heterocycles. The van der Waals surface area contributed by atoms with Crippen molar-refractivity contribution < 1.29 is 9.53 Å². The Balaban J connectivity index is 2.12. The lowest BCUT2D eigenvalue weighted by atomic mass is 10.3. The maximum absolute atomic E-state index is 11.1. The summed E-state index contributed by atoms with van der Waals surface area (Å²) in [5.74, 6) is 1.23. The minimum absolute atomic E-state index is 0.306. The van der Waals surface area contributed by atoms with Crippen LogP contribution in [-0.2, 0) is 4.79 Å². The number of ether oxygens (including phenoxy) is 1. The van der Waals surface area contributed by atoms with Gasteiger partial charge in [0.25, 0.3) is 0 Å². The Labute approximate surface area is 105 Å². The van der Waals surface area contributed by atoms with Crippen LogP contribution in [0.5, 0.6) is 11.6 Å². The van der Waals surface area contributed by atoms with Crippen molar-refractivity contribution in [2.75, 3.05) is 5.32 Å². The van der Waals surface area contributed by atoms with Crippen LogP contribution in [-0.4, -0.2) is 10.9 Å². The molecular formula is C14H12N2O2. The number of rotatable bonds is 4. The number of pyridine rings is 1. The zero-order valence-electron chi connectivity index (χ0n) is 9.67. The Morgan fingerprint density at radius 2 is 1.94 bits per heavy atom. The number of hydrogen-bond donors (Lipinski definition) is 1. The number of amides is 1. The van der Waals surface area contributed by atoms with E-state index in [1.54, 1.807) is 18.2 Å². The van der Waals surface area contributed by atoms with E-state index >= 15 is 0 Å². The first kappa shape index (κ1) is 11.9. The molecule has 1 N–H and O–H groups in total. The van der Waals surface area contributed by atoms with Crippen molar-refractivity contribution in [1.82, 2.24) is 4.98 Å². The molecule has 18 heavy (non-hydrogen) atoms. The Morgan fingerprint density at radius 1 is 1.17 bits per heavy atom. The summed E-state index contributed by atoms with van der Waals surface area (Å²) in [5, 5.41) is 2.57. The van der Waals surface area contributed by atoms with E-state index in [9.17, 15) is 4.79 Å². The van der Waals surface area contributed by atoms with Crippen LogP contribution in [0.3, 0.4) is 0 Å². The third kappa shape index (κ3) is 3.18. The number of aromatic nitrogens is 1. The maximum atomic E-state index is 11.1. The average Bonchev–Trinajstić information content (AvgIpc) is 2.40. The van der Waals surface area contributed by atoms with Crippen LogP contribution in [0.1, 0.15) is 0 Å². The zero-order valence-corrected chi connectivity index (χ0v) is 9.67. The van der Waals surface area contributed by atoms with Gasteiger partial charge in [-0.3, -0.25) is 4.79 Å². The highest BCUT2D eigenvalue weighted by Crippen LogP contribution is 2.19. The highest BCUT2D eigenvalue weighted by molar-refractivity contribution is 5.98. The first-order valence-corrected chi connectivity index (χ1v) is 5.41. The summed E-state index contributed by atoms with van der Waals surface area (Å²) in [4.78, 5) is 15.3. The molecule has 0 spiro atoms. The Kier molecular flexibility index (Phi) is 3.71. The van der Waals surface area contributed by atoms with Gasteiger partial charge in [0.2, 0.25) is 11.8 Å². The smallest absolute Gasteiger partial charge is 0.248 e. The number of carbonyl (C=O) groups excluding carboxylic acids is 1. The molecule has 0 saturated heterocycles. The van der Waals surface area contributed by atoms with Gasteiger partial charge in [-0.05, 0) is 24.3 Å². The summed E-state index contributed by atoms with van der Waals surface area (Å²) < 4.78 is 5.55. The highest BCUT2D eigenvalue weighted by atomic mass is 16.5. The second kappa shape index (κ2) is 5.63. The number of carbonyl (C=O) groups is 1. The van der Waals surface area contributed by atoms with Crippen LogP contribution in [0.4, 0.5) is 5.82 Å². The molecule has 1 aromatic heterocycles. The van der Waals surface area contributed by atoms with Gasteiger partial charge in [0.05, 0.1) is 0 Å². The van der Waals surface area contributed by atoms with Crippen LogP contribution < -0.4 is 10.1 Å². The van der Waals surface area contributed by atoms with E-state index in [1.165, 1.54) is 6.08 Å². The first-order chi connectivity index (χ1) is 8.78. The van der Waals surface area contributed by atoms with E-state index in [2.05, 4.69) is 16.9 Å². The van der Waals surface area contributed by atoms with E-state index in [1.807, 2.05) is 30.3 Å². The predicted molar refractivity (Wildman–Crippen MR) is 69.6 cm³/mol. The van der Waals surface area contributed by atoms with Crippen LogP contribution in [0, 0.1) is 0 Å². The fraction of sp³-hybridized carbons (Fsp3) is 0. The molecule has 0 aliphatic rings. The lowest BCUT2D eigenvalue weighted by Crippen LogP contribution is -2.08. The molecule has 4 nitrogen and oxygen atoms in total. The SMILES string of the molecule is C=CC(=O)Nc1cccc(Oc2ccccc2)n1. The van der Waals surface area contributed by atoms with Crippen LogP contribution in [0.2, 0.25) is 0 Å². The quantitative estimate of drug-likeness (QED) is 0.836. The largest absolute Gasteiger partial charge is 0.439 e. The van der Waals surface area contributed by atoms with Gasteiger partial charge in [-0.25, -0.2) is 0 Å². The third-order valence-electron chi connectivity index (χ3n) is 2.13. The van der Waals surface area contributed by atoms with Gasteiger partial charge in [-0.2, -0.15) is 4.98 Å². The second-order valence-corrected chi connectivity index (χ2v) is 3.47. The molecule has 2 rings (SSSR count). The molecule has 1 amide bonds. The molecule has 0 bridgehead atoms. The van der Waals surface area contributed by atoms with Crippen molar-refractivity contribution in [3.63, 3.8) is 0 Å². The second-order valence-electron chi connectivity index (χ2n) is 3.47. The minimum atomic E-state index is -0.306. The molecule has 90 valence electrons. The van der Waals surface area contributed by atoms with E-state index in [0.29, 0.717) is 17.4 Å². The molecule has 0 fully saturated rings. The number of nitrogens with zero attached hydrogens (tertiary/aromatic N) is 1. The molecule has 0 saturated carbocycles. The Hall–Kier alpha value is -2.62. The van der Waals surface area contributed by atoms with Gasteiger partial charge < -0.3 is 10.1 Å². The molecule has 0 unspecified atom stereocenters. The van der Waals surface area contributed by atoms with Crippen molar-refractivity contribution in [1.29, 1.82) is 0 Å². The van der Waals surface area contributed by atoms with Gasteiger partial charge in [-0.1, -0.05) is 30.8 Å². The molecule has 4 heteroatoms. The van der Waals surface area contributed by atoms with Crippen molar-refractivity contribution in [3.8, 4) is 11.6 Å². The standard InChI is InChI=1S/C14H12N2O2/c1-2-13(17)15-12-9-6-10-14(16-12)18-11-7-4-3-5-8-11/h2-10H,1H2,(H,15,16,17). The van der Waals surface area contributed by atoms with Crippen LogP contribution >= 0.6 is 0 Å². The van der Waals surface area contributed by atoms with Crippen molar-refractivity contribution in [2.45, 2.75) is 0 Å². The van der Waals surface area contributed by atoms with Gasteiger partial charge in [0.15, 0.2) is 0 Å². The van der Waals surface area contributed by atoms with Gasteiger partial charge >= 0.3 is 0 Å². The van der Waals surface area contributed by atoms with E-state index in [-0.39, 0.29) is 5.91 Å². The molecule has 0 aliphatic carbocycles. The fourth-order valence-corrected chi connectivity index (χ4v) is 1.33. The van der Waals surface area contributed by atoms with Gasteiger partial charge in [0, 0.05) is 6.07 Å². The minimum Gasteiger partial charge on any atom is -0.439 e. The van der Waals surface area contributed by atoms with E-state index in [4.69, 9.17) is 4.74 Å². The van der Waals surface area contributed by atoms with E-state index < -0.39 is 0 Å². The highest BCUT2D eigenvalue weighted by Gasteiger charge is 2.02. The van der Waals surface area contributed by atoms with E-state index in [0.717, 1.165) is 0 Å². The third-order valence-corrected chi connectivity index (χ3v) is 2.13. The summed E-state index contributed by atoms with van der Waals surface area (Å²) in [7, 11) is 0. The Bertz CT molecular complexity index is 553. The Morgan fingerprint density at radius 3 is 2.67 bits per heavy atom. The van der Waals surface area contributed by atoms with Crippen LogP contribution in [0.15, 0.2) is 61.2 Å². The maximum Gasteiger partial charge on any atom is 0.248 e. The lowest BCUT2D eigenvalue weighted by molar-refractivity contribution is -0.111. The molecule has 1 aromatic carbocycles. The van der Waals surface area contributed by atoms with Crippen molar-refractivity contribution in [2.24, 2.45) is 0 Å². The zero-order chi connectivity index (χ0) is 12.8. The number of hydrogen-bond acceptors (Lipinski definition) is 3. The van der Waals surface area contributed by atoms with Crippen molar-refractivity contribution >= 4 is 11.7 Å². The molecule has 0 atom stereocenters. The average molecular weight is 240 g/mol. The normalized spacial score (nSPS) is 9.56. The van der Waals surface area contributed by atoms with Gasteiger partial charge in [0.1, 0.15) is 11.6 Å². The molecule has 0 radical (unpaired) electrons. The summed E-state index contributed by atoms with van der Waals surface area (Å²) in [6.07, 6.45) is 1.19. The monoisotopic (exact) mass is 240 g/mol. The summed E-state index contributed by atoms with van der Waals surface area (Å²) in [6, 6.07) is 14.5. The predicted octanol–water partition coefficient (Wildman–Crippen LogP) is 3.00. The molecule has 2 aromatic rings. The molecular weight excluding hydrogens is 228 g/mol. The van der Waals surface area contributed by atoms with Crippen LogP contribution in [0.25, 0.3) is 0 Å². The number of nitrogens with one attached hydrogen (secondary N) is 1. The first-order valence-electron chi connectivity index (χ1n) is 5.41. The fourth-order valence-electron chi connectivity index (χ4n) is 1.33. The summed E-state index contributed by atoms with van der Waals surface area (Å²) in [5.41, 5.74) is 0. The molecule has 0 aliphatic heterocycles. The van der Waals surface area contributed by atoms with Crippen molar-refractivity contribution in [3.05, 3.63) is 61.2 Å². The number of benzene rings is 1.